The maximum absolute atomic E-state index is 11.9. The van der Waals surface area contributed by atoms with E-state index in [-0.39, 0.29) is 29.9 Å². The Morgan fingerprint density at radius 3 is 2.39 bits per heavy atom. The van der Waals surface area contributed by atoms with E-state index in [0.717, 1.165) is 37.7 Å². The first-order valence-corrected chi connectivity index (χ1v) is 9.17. The SMILES string of the molecule is CN=C(NCCCNC(=O)c1ccccc1)NCCCOCc1ccco1.I. The van der Waals surface area contributed by atoms with Crippen molar-refractivity contribution in [3.05, 3.63) is 60.1 Å². The zero-order valence-electron chi connectivity index (χ0n) is 16.1. The molecule has 0 unspecified atom stereocenters. The summed E-state index contributed by atoms with van der Waals surface area (Å²) >= 11 is 0. The van der Waals surface area contributed by atoms with Crippen LogP contribution in [0.3, 0.4) is 0 Å². The van der Waals surface area contributed by atoms with Crippen LogP contribution in [0.15, 0.2) is 58.1 Å². The van der Waals surface area contributed by atoms with Crippen LogP contribution in [-0.2, 0) is 11.3 Å². The van der Waals surface area contributed by atoms with E-state index < -0.39 is 0 Å². The molecule has 3 N–H and O–H groups in total. The number of halogens is 1. The van der Waals surface area contributed by atoms with E-state index in [0.29, 0.717) is 25.3 Å². The molecule has 28 heavy (non-hydrogen) atoms. The van der Waals surface area contributed by atoms with Crippen molar-refractivity contribution in [2.24, 2.45) is 4.99 Å². The second kappa shape index (κ2) is 14.9. The number of benzene rings is 1. The number of aliphatic imine (C=N–C) groups is 1. The second-order valence-corrected chi connectivity index (χ2v) is 5.89. The topological polar surface area (TPSA) is 87.9 Å². The van der Waals surface area contributed by atoms with Crippen LogP contribution < -0.4 is 16.0 Å². The largest absolute Gasteiger partial charge is 0.467 e. The van der Waals surface area contributed by atoms with E-state index in [1.165, 1.54) is 0 Å². The third-order valence-corrected chi connectivity index (χ3v) is 3.77. The standard InChI is InChI=1S/C20H28N4O3.HI/c1-21-20(24-13-7-14-26-16-18-10-5-15-27-18)23-12-6-11-22-19(25)17-8-3-2-4-9-17;/h2-5,8-10,15H,6-7,11-14,16H2,1H3,(H,22,25)(H2,21,23,24);1H. The summed E-state index contributed by atoms with van der Waals surface area (Å²) in [4.78, 5) is 16.1. The van der Waals surface area contributed by atoms with E-state index in [1.54, 1.807) is 25.4 Å². The average molecular weight is 500 g/mol. The van der Waals surface area contributed by atoms with Crippen molar-refractivity contribution in [2.45, 2.75) is 19.4 Å². The zero-order valence-corrected chi connectivity index (χ0v) is 18.5. The number of nitrogens with zero attached hydrogens (tertiary/aromatic N) is 1. The summed E-state index contributed by atoms with van der Waals surface area (Å²) in [6.45, 7) is 3.25. The minimum Gasteiger partial charge on any atom is -0.467 e. The van der Waals surface area contributed by atoms with Gasteiger partial charge in [-0.1, -0.05) is 18.2 Å². The highest BCUT2D eigenvalue weighted by molar-refractivity contribution is 14.0. The van der Waals surface area contributed by atoms with E-state index in [2.05, 4.69) is 20.9 Å². The number of furan rings is 1. The normalized spacial score (nSPS) is 10.8. The second-order valence-electron chi connectivity index (χ2n) is 5.89. The molecule has 0 saturated heterocycles. The van der Waals surface area contributed by atoms with Crippen LogP contribution in [0, 0.1) is 0 Å². The van der Waals surface area contributed by atoms with Gasteiger partial charge in [-0.2, -0.15) is 0 Å². The Bertz CT molecular complexity index is 678. The van der Waals surface area contributed by atoms with Gasteiger partial charge in [-0.05, 0) is 37.1 Å². The minimum absolute atomic E-state index is 0. The van der Waals surface area contributed by atoms with Gasteiger partial charge >= 0.3 is 0 Å². The third kappa shape index (κ3) is 9.75. The third-order valence-electron chi connectivity index (χ3n) is 3.77. The Kier molecular flexibility index (Phi) is 12.8. The smallest absolute Gasteiger partial charge is 0.251 e. The molecule has 0 saturated carbocycles. The highest BCUT2D eigenvalue weighted by atomic mass is 127. The summed E-state index contributed by atoms with van der Waals surface area (Å²) in [7, 11) is 1.74. The van der Waals surface area contributed by atoms with Gasteiger partial charge in [0, 0.05) is 38.9 Å². The molecule has 0 bridgehead atoms. The van der Waals surface area contributed by atoms with Crippen molar-refractivity contribution in [2.75, 3.05) is 33.3 Å². The van der Waals surface area contributed by atoms with Gasteiger partial charge in [-0.3, -0.25) is 9.79 Å². The predicted molar refractivity (Wildman–Crippen MR) is 121 cm³/mol. The fourth-order valence-electron chi connectivity index (χ4n) is 2.36. The van der Waals surface area contributed by atoms with Crippen LogP contribution in [0.4, 0.5) is 0 Å². The lowest BCUT2D eigenvalue weighted by Crippen LogP contribution is -2.39. The summed E-state index contributed by atoms with van der Waals surface area (Å²) in [6, 6.07) is 13.0. The molecule has 0 aliphatic carbocycles. The quantitative estimate of drug-likeness (QED) is 0.191. The number of carbonyl (C=O) groups excluding carboxylic acids is 1. The molecule has 1 aromatic carbocycles. The van der Waals surface area contributed by atoms with Crippen molar-refractivity contribution < 1.29 is 13.9 Å². The number of carbonyl (C=O) groups is 1. The van der Waals surface area contributed by atoms with Crippen LogP contribution in [0.5, 0.6) is 0 Å². The summed E-state index contributed by atoms with van der Waals surface area (Å²) in [5.74, 6) is 1.53. The lowest BCUT2D eigenvalue weighted by atomic mass is 10.2. The number of nitrogens with one attached hydrogen (secondary N) is 3. The highest BCUT2D eigenvalue weighted by Crippen LogP contribution is 2.01. The van der Waals surface area contributed by atoms with Crippen molar-refractivity contribution in [1.29, 1.82) is 0 Å². The van der Waals surface area contributed by atoms with Gasteiger partial charge in [-0.25, -0.2) is 0 Å². The van der Waals surface area contributed by atoms with Crippen LogP contribution >= 0.6 is 24.0 Å². The number of amides is 1. The van der Waals surface area contributed by atoms with Crippen molar-refractivity contribution in [3.63, 3.8) is 0 Å². The molecule has 0 fully saturated rings. The molecule has 0 aliphatic heterocycles. The predicted octanol–water partition coefficient (Wildman–Crippen LogP) is 2.79. The van der Waals surface area contributed by atoms with Gasteiger partial charge in [0.2, 0.25) is 0 Å². The van der Waals surface area contributed by atoms with E-state index in [9.17, 15) is 4.79 Å². The van der Waals surface area contributed by atoms with Gasteiger partial charge in [-0.15, -0.1) is 24.0 Å². The highest BCUT2D eigenvalue weighted by Gasteiger charge is 2.03. The minimum atomic E-state index is -0.0485. The first-order valence-electron chi connectivity index (χ1n) is 9.17. The van der Waals surface area contributed by atoms with Crippen LogP contribution in [-0.4, -0.2) is 45.2 Å². The van der Waals surface area contributed by atoms with Gasteiger partial charge in [0.25, 0.3) is 5.91 Å². The molecule has 1 aromatic heterocycles. The average Bonchev–Trinajstić information content (AvgIpc) is 3.22. The molecule has 2 aromatic rings. The number of hydrogen-bond acceptors (Lipinski definition) is 4. The Morgan fingerprint density at radius 1 is 1.00 bits per heavy atom. The number of ether oxygens (including phenoxy) is 1. The first-order chi connectivity index (χ1) is 13.3. The van der Waals surface area contributed by atoms with E-state index >= 15 is 0 Å². The Labute approximate surface area is 183 Å². The summed E-state index contributed by atoms with van der Waals surface area (Å²) in [5, 5.41) is 9.37. The molecular formula is C20H29IN4O3. The van der Waals surface area contributed by atoms with Crippen molar-refractivity contribution >= 4 is 35.8 Å². The molecule has 2 rings (SSSR count). The molecule has 7 nitrogen and oxygen atoms in total. The monoisotopic (exact) mass is 500 g/mol. The summed E-state index contributed by atoms with van der Waals surface area (Å²) < 4.78 is 10.7. The molecule has 8 heteroatoms. The lowest BCUT2D eigenvalue weighted by Gasteiger charge is -2.12. The molecule has 154 valence electrons. The Balaban J connectivity index is 0.00000392. The summed E-state index contributed by atoms with van der Waals surface area (Å²) in [6.07, 6.45) is 3.32. The van der Waals surface area contributed by atoms with Crippen LogP contribution in [0.25, 0.3) is 0 Å². The molecule has 0 radical (unpaired) electrons. The van der Waals surface area contributed by atoms with E-state index in [1.807, 2.05) is 30.3 Å². The molecular weight excluding hydrogens is 471 g/mol. The molecule has 0 atom stereocenters. The molecule has 0 aliphatic rings. The fourth-order valence-corrected chi connectivity index (χ4v) is 2.36. The van der Waals surface area contributed by atoms with Crippen LogP contribution in [0.2, 0.25) is 0 Å². The first kappa shape index (κ1) is 24.0. The van der Waals surface area contributed by atoms with Gasteiger partial charge < -0.3 is 25.1 Å². The van der Waals surface area contributed by atoms with Crippen molar-refractivity contribution in [1.82, 2.24) is 16.0 Å². The number of hydrogen-bond donors (Lipinski definition) is 3. The summed E-state index contributed by atoms with van der Waals surface area (Å²) in [5.41, 5.74) is 0.678. The molecule has 1 amide bonds. The number of guanidine groups is 1. The van der Waals surface area contributed by atoms with Gasteiger partial charge in [0.05, 0.1) is 6.26 Å². The Hall–Kier alpha value is -2.07. The maximum atomic E-state index is 11.9. The Morgan fingerprint density at radius 2 is 1.71 bits per heavy atom. The fraction of sp³-hybridized carbons (Fsp3) is 0.400. The van der Waals surface area contributed by atoms with E-state index in [4.69, 9.17) is 9.15 Å². The lowest BCUT2D eigenvalue weighted by molar-refractivity contribution is 0.0953. The molecule has 0 spiro atoms. The van der Waals surface area contributed by atoms with Crippen molar-refractivity contribution in [3.8, 4) is 0 Å². The molecule has 1 heterocycles. The number of rotatable bonds is 11. The van der Waals surface area contributed by atoms with Gasteiger partial charge in [0.15, 0.2) is 5.96 Å². The van der Waals surface area contributed by atoms with Gasteiger partial charge in [0.1, 0.15) is 12.4 Å². The van der Waals surface area contributed by atoms with Crippen LogP contribution in [0.1, 0.15) is 29.0 Å². The maximum Gasteiger partial charge on any atom is 0.251 e. The zero-order chi connectivity index (χ0) is 19.2.